The third-order valence-corrected chi connectivity index (χ3v) is 3.61. The Morgan fingerprint density at radius 2 is 1.95 bits per heavy atom. The Bertz CT molecular complexity index is 577. The number of primary sulfonamides is 1. The summed E-state index contributed by atoms with van der Waals surface area (Å²) >= 11 is 0. The molecule has 1 aromatic carbocycles. The van der Waals surface area contributed by atoms with Crippen LogP contribution in [-0.4, -0.2) is 20.1 Å². The second-order valence-corrected chi connectivity index (χ2v) is 6.39. The molecule has 0 unspecified atom stereocenters. The molecule has 1 amide bonds. The SMILES string of the molecule is NS(=O)(=O)CCCCCC(=O)Nc1cccc(C(F)F)c1. The zero-order valence-corrected chi connectivity index (χ0v) is 12.2. The number of nitrogens with two attached hydrogens (primary N) is 1. The van der Waals surface area contributed by atoms with Crippen molar-refractivity contribution in [3.8, 4) is 0 Å². The van der Waals surface area contributed by atoms with Crippen LogP contribution in [0, 0.1) is 0 Å². The predicted octanol–water partition coefficient (Wildman–Crippen LogP) is 2.41. The van der Waals surface area contributed by atoms with Gasteiger partial charge >= 0.3 is 0 Å². The van der Waals surface area contributed by atoms with Gasteiger partial charge in [-0.2, -0.15) is 0 Å². The van der Waals surface area contributed by atoms with Crippen LogP contribution in [0.4, 0.5) is 14.5 Å². The van der Waals surface area contributed by atoms with Crippen LogP contribution in [0.1, 0.15) is 37.7 Å². The number of hydrogen-bond acceptors (Lipinski definition) is 3. The summed E-state index contributed by atoms with van der Waals surface area (Å²) in [6, 6.07) is 5.49. The van der Waals surface area contributed by atoms with Crippen molar-refractivity contribution in [2.24, 2.45) is 5.14 Å². The topological polar surface area (TPSA) is 89.3 Å². The van der Waals surface area contributed by atoms with Crippen molar-refractivity contribution in [1.29, 1.82) is 0 Å². The zero-order chi connectivity index (χ0) is 15.9. The van der Waals surface area contributed by atoms with Crippen LogP contribution < -0.4 is 10.5 Å². The summed E-state index contributed by atoms with van der Waals surface area (Å²) in [5, 5.41) is 7.38. The fourth-order valence-electron chi connectivity index (χ4n) is 1.74. The lowest BCUT2D eigenvalue weighted by Gasteiger charge is -2.07. The monoisotopic (exact) mass is 320 g/mol. The number of unbranched alkanes of at least 4 members (excludes halogenated alkanes) is 2. The van der Waals surface area contributed by atoms with E-state index in [9.17, 15) is 22.0 Å². The maximum atomic E-state index is 12.5. The van der Waals surface area contributed by atoms with E-state index in [4.69, 9.17) is 5.14 Å². The van der Waals surface area contributed by atoms with Crippen molar-refractivity contribution >= 4 is 21.6 Å². The zero-order valence-electron chi connectivity index (χ0n) is 11.4. The smallest absolute Gasteiger partial charge is 0.263 e. The standard InChI is InChI=1S/C13H18F2N2O3S/c14-13(15)10-5-4-6-11(9-10)17-12(18)7-2-1-3-8-21(16,19)20/h4-6,9,13H,1-3,7-8H2,(H,17,18)(H2,16,19,20). The molecule has 0 spiro atoms. The van der Waals surface area contributed by atoms with E-state index < -0.39 is 16.4 Å². The highest BCUT2D eigenvalue weighted by Crippen LogP contribution is 2.21. The second kappa shape index (κ2) is 8.04. The van der Waals surface area contributed by atoms with Crippen LogP contribution in [0.5, 0.6) is 0 Å². The Labute approximate surface area is 122 Å². The molecule has 0 saturated carbocycles. The first-order valence-corrected chi connectivity index (χ1v) is 8.18. The van der Waals surface area contributed by atoms with Gasteiger partial charge in [0, 0.05) is 17.7 Å². The molecule has 8 heteroatoms. The molecule has 0 saturated heterocycles. The molecule has 0 aliphatic heterocycles. The maximum absolute atomic E-state index is 12.5. The molecule has 1 rings (SSSR count). The fourth-order valence-corrected chi connectivity index (χ4v) is 2.35. The van der Waals surface area contributed by atoms with E-state index in [1.807, 2.05) is 0 Å². The number of alkyl halides is 2. The Morgan fingerprint density at radius 1 is 1.24 bits per heavy atom. The summed E-state index contributed by atoms with van der Waals surface area (Å²) in [5.41, 5.74) is 0.170. The first-order chi connectivity index (χ1) is 9.78. The van der Waals surface area contributed by atoms with E-state index >= 15 is 0 Å². The summed E-state index contributed by atoms with van der Waals surface area (Å²) in [7, 11) is -3.46. The lowest BCUT2D eigenvalue weighted by molar-refractivity contribution is -0.116. The van der Waals surface area contributed by atoms with Gasteiger partial charge in [-0.25, -0.2) is 22.3 Å². The van der Waals surface area contributed by atoms with E-state index in [1.165, 1.54) is 24.3 Å². The van der Waals surface area contributed by atoms with Gasteiger partial charge in [-0.1, -0.05) is 18.6 Å². The first-order valence-electron chi connectivity index (χ1n) is 6.46. The van der Waals surface area contributed by atoms with Gasteiger partial charge in [-0.05, 0) is 25.0 Å². The average molecular weight is 320 g/mol. The van der Waals surface area contributed by atoms with Crippen LogP contribution in [0.25, 0.3) is 0 Å². The summed E-state index contributed by atoms with van der Waals surface area (Å²) < 4.78 is 46.4. The van der Waals surface area contributed by atoms with Gasteiger partial charge in [-0.15, -0.1) is 0 Å². The van der Waals surface area contributed by atoms with E-state index in [1.54, 1.807) is 0 Å². The molecular formula is C13H18F2N2O3S. The van der Waals surface area contributed by atoms with Gasteiger partial charge in [0.25, 0.3) is 6.43 Å². The van der Waals surface area contributed by atoms with E-state index in [0.29, 0.717) is 24.9 Å². The molecule has 0 aliphatic rings. The molecule has 118 valence electrons. The van der Waals surface area contributed by atoms with Gasteiger partial charge in [0.15, 0.2) is 0 Å². The van der Waals surface area contributed by atoms with E-state index in [-0.39, 0.29) is 23.6 Å². The minimum absolute atomic E-state index is 0.106. The quantitative estimate of drug-likeness (QED) is 0.721. The van der Waals surface area contributed by atoms with E-state index in [0.717, 1.165) is 0 Å². The van der Waals surface area contributed by atoms with Crippen molar-refractivity contribution in [3.63, 3.8) is 0 Å². The number of hydrogen-bond donors (Lipinski definition) is 2. The molecule has 21 heavy (non-hydrogen) atoms. The van der Waals surface area contributed by atoms with Crippen LogP contribution in [0.15, 0.2) is 24.3 Å². The fraction of sp³-hybridized carbons (Fsp3) is 0.462. The molecular weight excluding hydrogens is 302 g/mol. The van der Waals surface area contributed by atoms with Gasteiger partial charge in [0.1, 0.15) is 0 Å². The molecule has 0 bridgehead atoms. The Morgan fingerprint density at radius 3 is 2.57 bits per heavy atom. The summed E-state index contributed by atoms with van der Waals surface area (Å²) in [6.45, 7) is 0. The molecule has 0 atom stereocenters. The minimum Gasteiger partial charge on any atom is -0.326 e. The number of halogens is 2. The highest BCUT2D eigenvalue weighted by molar-refractivity contribution is 7.89. The molecule has 0 radical (unpaired) electrons. The van der Waals surface area contributed by atoms with Crippen molar-refractivity contribution in [2.75, 3.05) is 11.1 Å². The second-order valence-electron chi connectivity index (χ2n) is 4.65. The Balaban J connectivity index is 2.32. The molecule has 0 aromatic heterocycles. The lowest BCUT2D eigenvalue weighted by Crippen LogP contribution is -2.16. The highest BCUT2D eigenvalue weighted by atomic mass is 32.2. The largest absolute Gasteiger partial charge is 0.326 e. The normalized spacial score (nSPS) is 11.6. The Kier molecular flexibility index (Phi) is 6.70. The molecule has 3 N–H and O–H groups in total. The number of sulfonamides is 1. The number of anilines is 1. The van der Waals surface area contributed by atoms with Gasteiger partial charge < -0.3 is 5.32 Å². The number of carbonyl (C=O) groups excluding carboxylic acids is 1. The number of nitrogens with one attached hydrogen (secondary N) is 1. The van der Waals surface area contributed by atoms with Gasteiger partial charge in [0.05, 0.1) is 5.75 Å². The number of rotatable bonds is 8. The predicted molar refractivity (Wildman–Crippen MR) is 76.5 cm³/mol. The summed E-state index contributed by atoms with van der Waals surface area (Å²) in [4.78, 5) is 11.6. The first kappa shape index (κ1) is 17.5. The number of benzene rings is 1. The molecule has 0 aliphatic carbocycles. The van der Waals surface area contributed by atoms with Crippen LogP contribution in [0.2, 0.25) is 0 Å². The molecule has 5 nitrogen and oxygen atoms in total. The van der Waals surface area contributed by atoms with Gasteiger partial charge in [0.2, 0.25) is 15.9 Å². The summed E-state index contributed by atoms with van der Waals surface area (Å²) in [5.74, 6) is -0.401. The van der Waals surface area contributed by atoms with Crippen molar-refractivity contribution in [1.82, 2.24) is 0 Å². The number of carbonyl (C=O) groups is 1. The third-order valence-electron chi connectivity index (χ3n) is 2.76. The Hall–Kier alpha value is -1.54. The maximum Gasteiger partial charge on any atom is 0.263 e. The van der Waals surface area contributed by atoms with Crippen LogP contribution in [-0.2, 0) is 14.8 Å². The van der Waals surface area contributed by atoms with Gasteiger partial charge in [-0.3, -0.25) is 4.79 Å². The van der Waals surface area contributed by atoms with Crippen molar-refractivity contribution < 1.29 is 22.0 Å². The molecule has 0 heterocycles. The lowest BCUT2D eigenvalue weighted by atomic mass is 10.2. The van der Waals surface area contributed by atoms with E-state index in [2.05, 4.69) is 5.32 Å². The molecule has 1 aromatic rings. The third kappa shape index (κ3) is 7.72. The molecule has 0 fully saturated rings. The van der Waals surface area contributed by atoms with Crippen molar-refractivity contribution in [2.45, 2.75) is 32.1 Å². The van der Waals surface area contributed by atoms with Crippen LogP contribution in [0.3, 0.4) is 0 Å². The van der Waals surface area contributed by atoms with Crippen molar-refractivity contribution in [3.05, 3.63) is 29.8 Å². The van der Waals surface area contributed by atoms with Crippen LogP contribution >= 0.6 is 0 Å². The highest BCUT2D eigenvalue weighted by Gasteiger charge is 2.09. The average Bonchev–Trinajstić information content (AvgIpc) is 2.37. The summed E-state index contributed by atoms with van der Waals surface area (Å²) in [6.07, 6.45) is -0.923. The minimum atomic E-state index is -3.46. The number of amides is 1.